The molecule has 334 valence electrons. The minimum absolute atomic E-state index is 0.00257. The van der Waals surface area contributed by atoms with Crippen molar-refractivity contribution in [2.75, 3.05) is 50.8 Å². The zero-order valence-electron chi connectivity index (χ0n) is 33.5. The number of halogens is 1. The molecule has 0 saturated heterocycles. The number of hydrogen-bond acceptors (Lipinski definition) is 18. The van der Waals surface area contributed by atoms with Crippen LogP contribution in [0.1, 0.15) is 73.5 Å². The maximum Gasteiger partial charge on any atom is 0.280 e. The maximum absolute atomic E-state index is 12.7. The molecule has 3 aromatic rings. The number of aliphatic hydroxyl groups excluding tert-OH is 5. The van der Waals surface area contributed by atoms with Gasteiger partial charge >= 0.3 is 0 Å². The van der Waals surface area contributed by atoms with Crippen LogP contribution in [-0.4, -0.2) is 148 Å². The van der Waals surface area contributed by atoms with Crippen LogP contribution < -0.4 is 33.6 Å². The van der Waals surface area contributed by atoms with Crippen molar-refractivity contribution in [1.29, 1.82) is 0 Å². The normalized spacial score (nSPS) is 14.6. The lowest BCUT2D eigenvalue weighted by Gasteiger charge is -2.30. The van der Waals surface area contributed by atoms with Crippen molar-refractivity contribution in [3.63, 3.8) is 0 Å². The fourth-order valence-electron chi connectivity index (χ4n) is 6.58. The molecule has 2 amide bonds. The van der Waals surface area contributed by atoms with Crippen molar-refractivity contribution in [3.05, 3.63) is 34.1 Å². The number of aryl methyl sites for hydroxylation is 1. The van der Waals surface area contributed by atoms with Crippen molar-refractivity contribution in [2.45, 2.75) is 95.2 Å². The molecule has 5 atom stereocenters. The molecule has 19 N–H and O–H groups in total. The van der Waals surface area contributed by atoms with Gasteiger partial charge in [-0.1, -0.05) is 49.9 Å². The first kappa shape index (κ1) is 49.4. The van der Waals surface area contributed by atoms with Gasteiger partial charge in [0.2, 0.25) is 17.4 Å². The molecule has 22 heteroatoms. The largest absolute Gasteiger partial charge is 0.504 e. The van der Waals surface area contributed by atoms with Gasteiger partial charge in [-0.2, -0.15) is 0 Å². The summed E-state index contributed by atoms with van der Waals surface area (Å²) in [6, 6.07) is 2.28. The van der Waals surface area contributed by atoms with Gasteiger partial charge in [-0.15, -0.1) is 0 Å². The van der Waals surface area contributed by atoms with Gasteiger partial charge in [-0.05, 0) is 69.3 Å². The van der Waals surface area contributed by atoms with E-state index in [2.05, 4.69) is 32.5 Å². The Hall–Kier alpha value is -5.00. The number of aliphatic hydroxyl groups is 5. The number of phenols is 4. The predicted molar refractivity (Wildman–Crippen MR) is 224 cm³/mol. The molecule has 0 aliphatic rings. The lowest BCUT2D eigenvalue weighted by Crippen LogP contribution is -2.50. The Bertz CT molecular complexity index is 1940. The van der Waals surface area contributed by atoms with Gasteiger partial charge < -0.3 is 79.1 Å². The van der Waals surface area contributed by atoms with Gasteiger partial charge in [0, 0.05) is 23.9 Å². The van der Waals surface area contributed by atoms with Gasteiger partial charge in [0.15, 0.2) is 39.9 Å². The highest BCUT2D eigenvalue weighted by atomic mass is 35.5. The van der Waals surface area contributed by atoms with Crippen LogP contribution in [0.25, 0.3) is 10.8 Å². The number of rotatable bonds is 25. The first-order valence-electron chi connectivity index (χ1n) is 19.6. The van der Waals surface area contributed by atoms with E-state index in [1.807, 2.05) is 4.90 Å². The van der Waals surface area contributed by atoms with E-state index >= 15 is 0 Å². The number of aromatic nitrogens is 2. The molecule has 0 aliphatic heterocycles. The van der Waals surface area contributed by atoms with Crippen LogP contribution in [0.4, 0.5) is 11.6 Å². The molecule has 1 heterocycles. The van der Waals surface area contributed by atoms with Crippen molar-refractivity contribution in [1.82, 2.24) is 25.5 Å². The summed E-state index contributed by atoms with van der Waals surface area (Å²) in [6.45, 7) is 2.63. The molecule has 3 rings (SSSR count). The van der Waals surface area contributed by atoms with Crippen LogP contribution in [0, 0.1) is 0 Å². The molecular formula is C38H59ClN10O11. The summed E-state index contributed by atoms with van der Waals surface area (Å²) in [5.74, 6) is -5.43. The number of nitrogens with one attached hydrogen (secondary N) is 2. The molecule has 2 aromatic carbocycles. The number of carbonyl (C=O) groups excluding carboxylic acids is 2. The Morgan fingerprint density at radius 1 is 0.817 bits per heavy atom. The Morgan fingerprint density at radius 3 is 2.07 bits per heavy atom. The monoisotopic (exact) mass is 866 g/mol. The molecule has 0 bridgehead atoms. The van der Waals surface area contributed by atoms with Gasteiger partial charge in [0.25, 0.3) is 5.91 Å². The van der Waals surface area contributed by atoms with Gasteiger partial charge in [0.1, 0.15) is 18.3 Å². The van der Waals surface area contributed by atoms with Crippen molar-refractivity contribution < 1.29 is 55.5 Å². The maximum atomic E-state index is 12.7. The minimum Gasteiger partial charge on any atom is -0.504 e. The summed E-state index contributed by atoms with van der Waals surface area (Å²) in [5, 5.41) is 98.1. The second-order valence-corrected chi connectivity index (χ2v) is 14.8. The quantitative estimate of drug-likeness (QED) is 0.0160. The van der Waals surface area contributed by atoms with E-state index in [0.717, 1.165) is 25.7 Å². The number of nitrogens with zero attached hydrogens (tertiary/aromatic N) is 4. The second-order valence-electron chi connectivity index (χ2n) is 14.5. The van der Waals surface area contributed by atoms with E-state index in [1.54, 1.807) is 12.1 Å². The van der Waals surface area contributed by atoms with Crippen LogP contribution in [0.3, 0.4) is 0 Å². The number of hydrogen-bond donors (Lipinski definition) is 15. The number of aromatic hydroxyl groups is 4. The third-order valence-electron chi connectivity index (χ3n) is 9.93. The van der Waals surface area contributed by atoms with E-state index in [4.69, 9.17) is 39.6 Å². The van der Waals surface area contributed by atoms with Crippen LogP contribution in [-0.2, 0) is 17.6 Å². The van der Waals surface area contributed by atoms with E-state index in [0.29, 0.717) is 49.9 Å². The zero-order valence-corrected chi connectivity index (χ0v) is 34.2. The summed E-state index contributed by atoms with van der Waals surface area (Å²) >= 11 is 5.83. The number of benzene rings is 2. The molecule has 0 fully saturated rings. The molecule has 0 unspecified atom stereocenters. The molecule has 60 heavy (non-hydrogen) atoms. The van der Waals surface area contributed by atoms with Gasteiger partial charge in [-0.25, -0.2) is 9.97 Å². The predicted octanol–water partition coefficient (Wildman–Crippen LogP) is -0.968. The fourth-order valence-corrected chi connectivity index (χ4v) is 6.71. The zero-order chi connectivity index (χ0) is 44.7. The standard InChI is InChI=1S/C38H59ClN10O11/c1-2-3-4-7-14-49(17-22(51)27(53)28(54)23(52)18-50)15-8-13-44-21(36(42)59)16-20-11-10-19(24-25(20)30(56)32(58)31(57)29(24)55)9-5-6-12-45-38(43)48-37(60)26-34(40)47-35(41)33(39)46-26/h10-11,21-23,27-28,44,50-58H,2-9,12-18H2,1H3,(H2,42,59)(H4,40,41,47)(H3,43,45,48,60)/t21-,22-,23+,27+,28+/m0/s1. The smallest absolute Gasteiger partial charge is 0.280 e. The number of guanidine groups is 1. The summed E-state index contributed by atoms with van der Waals surface area (Å²) < 4.78 is 0. The number of primary amides is 1. The second kappa shape index (κ2) is 23.7. The number of unbranched alkanes of at least 4 members (excludes halogenated alkanes) is 4. The lowest BCUT2D eigenvalue weighted by atomic mass is 9.91. The first-order valence-corrected chi connectivity index (χ1v) is 20.0. The van der Waals surface area contributed by atoms with Crippen molar-refractivity contribution in [3.8, 4) is 23.0 Å². The SMILES string of the molecule is CCCCCCN(CCCN[C@@H](Cc1ccc(CCCCN=C(N)NC(=O)c2nc(Cl)c(N)nc2N)c2c(O)c(O)c(O)c(O)c12)C(N)=O)C[C@H](O)[C@@H](O)[C@H](O)[C@H](O)CO. The van der Waals surface area contributed by atoms with Crippen LogP contribution in [0.2, 0.25) is 5.15 Å². The highest BCUT2D eigenvalue weighted by molar-refractivity contribution is 6.31. The number of nitrogen functional groups attached to an aromatic ring is 2. The highest BCUT2D eigenvalue weighted by Gasteiger charge is 2.31. The average molecular weight is 867 g/mol. The third kappa shape index (κ3) is 13.5. The first-order chi connectivity index (χ1) is 28.4. The minimum atomic E-state index is -1.75. The molecule has 21 nitrogen and oxygen atoms in total. The summed E-state index contributed by atoms with van der Waals surface area (Å²) in [4.78, 5) is 38.7. The number of fused-ring (bicyclic) bond motifs is 1. The van der Waals surface area contributed by atoms with Gasteiger partial charge in [0.05, 0.1) is 18.8 Å². The van der Waals surface area contributed by atoms with Gasteiger partial charge in [-0.3, -0.25) is 19.9 Å². The van der Waals surface area contributed by atoms with E-state index in [1.165, 1.54) is 0 Å². The van der Waals surface area contributed by atoms with Crippen LogP contribution >= 0.6 is 11.6 Å². The summed E-state index contributed by atoms with van der Waals surface area (Å²) in [7, 11) is 0. The highest BCUT2D eigenvalue weighted by Crippen LogP contribution is 2.51. The molecular weight excluding hydrogens is 808 g/mol. The third-order valence-corrected chi connectivity index (χ3v) is 10.2. The molecule has 0 saturated carbocycles. The molecule has 0 radical (unpaired) electrons. The number of amides is 2. The lowest BCUT2D eigenvalue weighted by molar-refractivity contribution is -0.120. The number of carbonyl (C=O) groups is 2. The van der Waals surface area contributed by atoms with Crippen molar-refractivity contribution in [2.24, 2.45) is 16.5 Å². The van der Waals surface area contributed by atoms with Crippen LogP contribution in [0.5, 0.6) is 23.0 Å². The van der Waals surface area contributed by atoms with E-state index < -0.39 is 71.9 Å². The number of phenolic OH excluding ortho intramolecular Hbond substituents is 4. The number of aliphatic imine (C=N–C) groups is 1. The van der Waals surface area contributed by atoms with E-state index in [9.17, 15) is 50.4 Å². The Kier molecular flexibility index (Phi) is 19.5. The van der Waals surface area contributed by atoms with Crippen molar-refractivity contribution >= 4 is 51.8 Å². The van der Waals surface area contributed by atoms with E-state index in [-0.39, 0.29) is 65.3 Å². The number of nitrogens with two attached hydrogens (primary N) is 4. The Balaban J connectivity index is 1.69. The Labute approximate surface area is 351 Å². The molecule has 0 aliphatic carbocycles. The summed E-state index contributed by atoms with van der Waals surface area (Å²) in [6.07, 6.45) is -1.22. The number of anilines is 2. The topological polar surface area (TPSA) is 386 Å². The Morgan fingerprint density at radius 2 is 1.43 bits per heavy atom. The summed E-state index contributed by atoms with van der Waals surface area (Å²) in [5.41, 5.74) is 23.4. The van der Waals surface area contributed by atoms with Crippen LogP contribution in [0.15, 0.2) is 17.1 Å². The fraction of sp³-hybridized carbons (Fsp3) is 0.553. The average Bonchev–Trinajstić information content (AvgIpc) is 3.21. The molecule has 0 spiro atoms. The molecule has 1 aromatic heterocycles.